The lowest BCUT2D eigenvalue weighted by atomic mass is 9.87. The van der Waals surface area contributed by atoms with E-state index in [0.29, 0.717) is 0 Å². The third-order valence-corrected chi connectivity index (χ3v) is 5.62. The molecule has 3 aromatic rings. The van der Waals surface area contributed by atoms with Crippen molar-refractivity contribution >= 4 is 22.6 Å². The van der Waals surface area contributed by atoms with Gasteiger partial charge in [-0.3, -0.25) is 4.79 Å². The number of aromatic nitrogens is 2. The Morgan fingerprint density at radius 1 is 0.897 bits per heavy atom. The highest BCUT2D eigenvalue weighted by atomic mass is 16.2. The van der Waals surface area contributed by atoms with Crippen molar-refractivity contribution in [2.24, 2.45) is 0 Å². The van der Waals surface area contributed by atoms with Gasteiger partial charge in [-0.2, -0.15) is 0 Å². The summed E-state index contributed by atoms with van der Waals surface area (Å²) in [5.41, 5.74) is 3.38. The molecule has 1 aliphatic heterocycles. The van der Waals surface area contributed by atoms with Gasteiger partial charge in [-0.05, 0) is 23.1 Å². The van der Waals surface area contributed by atoms with Gasteiger partial charge in [0.05, 0.1) is 5.52 Å². The molecule has 29 heavy (non-hydrogen) atoms. The molecular formula is C24H28N4O. The van der Waals surface area contributed by atoms with Gasteiger partial charge in [-0.25, -0.2) is 9.97 Å². The lowest BCUT2D eigenvalue weighted by Crippen LogP contribution is -2.48. The second-order valence-corrected chi connectivity index (χ2v) is 8.71. The van der Waals surface area contributed by atoms with Crippen LogP contribution in [0.1, 0.15) is 33.3 Å². The number of amides is 1. The van der Waals surface area contributed by atoms with E-state index in [1.807, 2.05) is 23.1 Å². The Bertz CT molecular complexity index is 1030. The van der Waals surface area contributed by atoms with Crippen molar-refractivity contribution in [1.29, 1.82) is 0 Å². The summed E-state index contributed by atoms with van der Waals surface area (Å²) >= 11 is 0. The Hall–Kier alpha value is -2.95. The summed E-state index contributed by atoms with van der Waals surface area (Å²) in [6.07, 6.45) is 0. The number of para-hydroxylation sites is 1. The van der Waals surface area contributed by atoms with Crippen LogP contribution in [0.15, 0.2) is 48.5 Å². The second-order valence-electron chi connectivity index (χ2n) is 8.71. The number of hydrogen-bond donors (Lipinski definition) is 0. The average molecular weight is 389 g/mol. The number of hydrogen-bond acceptors (Lipinski definition) is 4. The lowest BCUT2D eigenvalue weighted by molar-refractivity contribution is -0.129. The minimum Gasteiger partial charge on any atom is -0.352 e. The van der Waals surface area contributed by atoms with E-state index in [-0.39, 0.29) is 11.3 Å². The van der Waals surface area contributed by atoms with Gasteiger partial charge in [0.2, 0.25) is 5.91 Å². The molecule has 0 unspecified atom stereocenters. The van der Waals surface area contributed by atoms with Gasteiger partial charge < -0.3 is 9.80 Å². The standard InChI is InChI=1S/C24H28N4O/c1-17(29)27-13-15-28(16-14-27)23-20-7-5-6-8-21(20)25-22(26-23)18-9-11-19(12-10-18)24(2,3)4/h5-12H,13-16H2,1-4H3. The first-order valence-corrected chi connectivity index (χ1v) is 10.2. The zero-order valence-corrected chi connectivity index (χ0v) is 17.6. The molecule has 1 aromatic heterocycles. The van der Waals surface area contributed by atoms with Gasteiger partial charge in [0.1, 0.15) is 5.82 Å². The molecule has 1 saturated heterocycles. The van der Waals surface area contributed by atoms with Crippen LogP contribution in [-0.4, -0.2) is 47.0 Å². The van der Waals surface area contributed by atoms with Crippen molar-refractivity contribution in [2.45, 2.75) is 33.1 Å². The maximum atomic E-state index is 11.7. The molecule has 0 atom stereocenters. The van der Waals surface area contributed by atoms with Crippen molar-refractivity contribution in [3.63, 3.8) is 0 Å². The predicted octanol–water partition coefficient (Wildman–Crippen LogP) is 4.26. The second kappa shape index (κ2) is 7.47. The molecular weight excluding hydrogens is 360 g/mol. The maximum absolute atomic E-state index is 11.7. The van der Waals surface area contributed by atoms with Gasteiger partial charge >= 0.3 is 0 Å². The summed E-state index contributed by atoms with van der Waals surface area (Å²) in [5.74, 6) is 1.83. The zero-order valence-electron chi connectivity index (χ0n) is 17.6. The number of piperazine rings is 1. The Balaban J connectivity index is 1.73. The van der Waals surface area contributed by atoms with Crippen LogP contribution in [0.4, 0.5) is 5.82 Å². The van der Waals surface area contributed by atoms with Crippen molar-refractivity contribution in [3.05, 3.63) is 54.1 Å². The fourth-order valence-electron chi connectivity index (χ4n) is 3.78. The van der Waals surface area contributed by atoms with Crippen LogP contribution in [-0.2, 0) is 10.2 Å². The highest BCUT2D eigenvalue weighted by molar-refractivity contribution is 5.91. The van der Waals surface area contributed by atoms with Crippen LogP contribution in [0.3, 0.4) is 0 Å². The van der Waals surface area contributed by atoms with Crippen LogP contribution in [0.5, 0.6) is 0 Å². The van der Waals surface area contributed by atoms with Crippen LogP contribution in [0, 0.1) is 0 Å². The van der Waals surface area contributed by atoms with E-state index in [4.69, 9.17) is 9.97 Å². The molecule has 1 amide bonds. The third kappa shape index (κ3) is 3.95. The molecule has 150 valence electrons. The molecule has 1 aliphatic rings. The Morgan fingerprint density at radius 2 is 1.55 bits per heavy atom. The van der Waals surface area contributed by atoms with E-state index in [1.165, 1.54) is 5.56 Å². The highest BCUT2D eigenvalue weighted by Gasteiger charge is 2.22. The van der Waals surface area contributed by atoms with Crippen LogP contribution < -0.4 is 4.90 Å². The minimum atomic E-state index is 0.115. The number of carbonyl (C=O) groups is 1. The van der Waals surface area contributed by atoms with Gasteiger partial charge in [-0.1, -0.05) is 57.2 Å². The summed E-state index contributed by atoms with van der Waals surface area (Å²) in [7, 11) is 0. The molecule has 0 aliphatic carbocycles. The van der Waals surface area contributed by atoms with Crippen LogP contribution >= 0.6 is 0 Å². The first-order chi connectivity index (χ1) is 13.8. The largest absolute Gasteiger partial charge is 0.352 e. The monoisotopic (exact) mass is 388 g/mol. The lowest BCUT2D eigenvalue weighted by Gasteiger charge is -2.35. The molecule has 0 bridgehead atoms. The van der Waals surface area contributed by atoms with Gasteiger partial charge in [0.15, 0.2) is 5.82 Å². The molecule has 2 aromatic carbocycles. The molecule has 0 N–H and O–H groups in total. The summed E-state index contributed by atoms with van der Waals surface area (Å²) in [5, 5.41) is 1.05. The van der Waals surface area contributed by atoms with Gasteiger partial charge in [0.25, 0.3) is 0 Å². The van der Waals surface area contributed by atoms with E-state index in [2.05, 4.69) is 56.0 Å². The van der Waals surface area contributed by atoms with Crippen molar-refractivity contribution < 1.29 is 4.79 Å². The number of carbonyl (C=O) groups excluding carboxylic acids is 1. The Labute approximate surface area is 172 Å². The summed E-state index contributed by atoms with van der Waals surface area (Å²) in [6.45, 7) is 11.3. The number of rotatable bonds is 2. The fourth-order valence-corrected chi connectivity index (χ4v) is 3.78. The Morgan fingerprint density at radius 3 is 2.17 bits per heavy atom. The first-order valence-electron chi connectivity index (χ1n) is 10.2. The quantitative estimate of drug-likeness (QED) is 0.658. The Kier molecular flexibility index (Phi) is 4.99. The zero-order chi connectivity index (χ0) is 20.6. The molecule has 1 fully saturated rings. The van der Waals surface area contributed by atoms with Crippen LogP contribution in [0.2, 0.25) is 0 Å². The van der Waals surface area contributed by atoms with E-state index in [1.54, 1.807) is 6.92 Å². The van der Waals surface area contributed by atoms with E-state index >= 15 is 0 Å². The highest BCUT2D eigenvalue weighted by Crippen LogP contribution is 2.30. The number of fused-ring (bicyclic) bond motifs is 1. The van der Waals surface area contributed by atoms with Crippen molar-refractivity contribution in [1.82, 2.24) is 14.9 Å². The summed E-state index contributed by atoms with van der Waals surface area (Å²) in [4.78, 5) is 25.6. The predicted molar refractivity (Wildman–Crippen MR) is 118 cm³/mol. The van der Waals surface area contributed by atoms with Crippen LogP contribution in [0.25, 0.3) is 22.3 Å². The summed E-state index contributed by atoms with van der Waals surface area (Å²) in [6, 6.07) is 16.7. The summed E-state index contributed by atoms with van der Waals surface area (Å²) < 4.78 is 0. The van der Waals surface area contributed by atoms with Crippen molar-refractivity contribution in [3.8, 4) is 11.4 Å². The van der Waals surface area contributed by atoms with E-state index in [9.17, 15) is 4.79 Å². The molecule has 0 radical (unpaired) electrons. The molecule has 5 nitrogen and oxygen atoms in total. The topological polar surface area (TPSA) is 49.3 Å². The number of benzene rings is 2. The van der Waals surface area contributed by atoms with Gasteiger partial charge in [-0.15, -0.1) is 0 Å². The molecule has 0 saturated carbocycles. The van der Waals surface area contributed by atoms with E-state index in [0.717, 1.165) is 54.3 Å². The number of anilines is 1. The number of nitrogens with zero attached hydrogens (tertiary/aromatic N) is 4. The first kappa shape index (κ1) is 19.4. The third-order valence-electron chi connectivity index (χ3n) is 5.62. The molecule has 2 heterocycles. The molecule has 0 spiro atoms. The fraction of sp³-hybridized carbons (Fsp3) is 0.375. The minimum absolute atomic E-state index is 0.115. The SMILES string of the molecule is CC(=O)N1CCN(c2nc(-c3ccc(C(C)(C)C)cc3)nc3ccccc23)CC1. The smallest absolute Gasteiger partial charge is 0.219 e. The van der Waals surface area contributed by atoms with E-state index < -0.39 is 0 Å². The van der Waals surface area contributed by atoms with Gasteiger partial charge in [0, 0.05) is 44.1 Å². The maximum Gasteiger partial charge on any atom is 0.219 e. The molecule has 5 heteroatoms. The normalized spacial score (nSPS) is 15.0. The average Bonchev–Trinajstić information content (AvgIpc) is 2.72. The van der Waals surface area contributed by atoms with Crippen molar-refractivity contribution in [2.75, 3.05) is 31.1 Å². The molecule has 4 rings (SSSR count).